The van der Waals surface area contributed by atoms with E-state index < -0.39 is 12.1 Å². The van der Waals surface area contributed by atoms with Crippen molar-refractivity contribution in [2.24, 2.45) is 5.10 Å². The van der Waals surface area contributed by atoms with Crippen LogP contribution in [0.1, 0.15) is 22.8 Å². The lowest BCUT2D eigenvalue weighted by Crippen LogP contribution is -2.33. The lowest BCUT2D eigenvalue weighted by atomic mass is 10.1. The van der Waals surface area contributed by atoms with E-state index in [-0.39, 0.29) is 5.91 Å². The summed E-state index contributed by atoms with van der Waals surface area (Å²) in [4.78, 5) is 24.7. The molecule has 4 rings (SSSR count). The van der Waals surface area contributed by atoms with Crippen molar-refractivity contribution in [3.63, 3.8) is 0 Å². The molecule has 0 aliphatic carbocycles. The number of ether oxygens (including phenoxy) is 2. The molecule has 0 spiro atoms. The summed E-state index contributed by atoms with van der Waals surface area (Å²) in [5.74, 6) is 0.209. The van der Waals surface area contributed by atoms with Gasteiger partial charge < -0.3 is 9.47 Å². The lowest BCUT2D eigenvalue weighted by Gasteiger charge is -2.14. The Morgan fingerprint density at radius 3 is 2.41 bits per heavy atom. The SMILES string of the molecule is C[C@H](Oc1cccc2ccccc12)C(=O)N/N=C\c1ccc(OC(=O)c2ccccc2Br)cc1. The Hall–Kier alpha value is -3.97. The van der Waals surface area contributed by atoms with E-state index in [9.17, 15) is 9.59 Å². The Kier molecular flexibility index (Phi) is 7.34. The topological polar surface area (TPSA) is 77.0 Å². The number of esters is 1. The van der Waals surface area contributed by atoms with Gasteiger partial charge in [0.1, 0.15) is 11.5 Å². The zero-order chi connectivity index (χ0) is 23.9. The summed E-state index contributed by atoms with van der Waals surface area (Å²) in [7, 11) is 0. The van der Waals surface area contributed by atoms with Crippen LogP contribution in [0.25, 0.3) is 10.8 Å². The Bertz CT molecular complexity index is 1350. The quantitative estimate of drug-likeness (QED) is 0.147. The molecule has 0 bridgehead atoms. The number of benzene rings is 4. The second-order valence-electron chi connectivity index (χ2n) is 7.41. The second kappa shape index (κ2) is 10.8. The van der Waals surface area contributed by atoms with Crippen molar-refractivity contribution in [3.8, 4) is 11.5 Å². The minimum atomic E-state index is -0.734. The summed E-state index contributed by atoms with van der Waals surface area (Å²) in [5.41, 5.74) is 3.65. The van der Waals surface area contributed by atoms with Crippen molar-refractivity contribution >= 4 is 44.8 Å². The highest BCUT2D eigenvalue weighted by atomic mass is 79.9. The summed E-state index contributed by atoms with van der Waals surface area (Å²) in [6.45, 7) is 1.67. The summed E-state index contributed by atoms with van der Waals surface area (Å²) >= 11 is 3.34. The van der Waals surface area contributed by atoms with Crippen molar-refractivity contribution in [2.75, 3.05) is 0 Å². The third-order valence-corrected chi connectivity index (χ3v) is 5.69. The van der Waals surface area contributed by atoms with E-state index in [1.807, 2.05) is 48.5 Å². The van der Waals surface area contributed by atoms with Gasteiger partial charge in [-0.1, -0.05) is 48.5 Å². The second-order valence-corrected chi connectivity index (χ2v) is 8.26. The standard InChI is InChI=1S/C27H21BrN2O4/c1-18(33-25-12-6-8-20-7-2-3-9-22(20)25)26(31)30-29-17-19-13-15-21(16-14-19)34-27(32)23-10-4-5-11-24(23)28/h2-18H,1H3,(H,30,31)/b29-17-/t18-/m0/s1. The number of hydrazone groups is 1. The molecule has 0 heterocycles. The average Bonchev–Trinajstić information content (AvgIpc) is 2.85. The van der Waals surface area contributed by atoms with Gasteiger partial charge in [-0.25, -0.2) is 10.2 Å². The Labute approximate surface area is 205 Å². The highest BCUT2D eigenvalue weighted by molar-refractivity contribution is 9.10. The summed E-state index contributed by atoms with van der Waals surface area (Å²) < 4.78 is 11.9. The lowest BCUT2D eigenvalue weighted by molar-refractivity contribution is -0.127. The highest BCUT2D eigenvalue weighted by Gasteiger charge is 2.15. The van der Waals surface area contributed by atoms with Crippen molar-refractivity contribution in [1.82, 2.24) is 5.43 Å². The van der Waals surface area contributed by atoms with E-state index in [1.54, 1.807) is 49.4 Å². The van der Waals surface area contributed by atoms with Crippen LogP contribution in [-0.2, 0) is 4.79 Å². The molecule has 0 aliphatic rings. The fourth-order valence-electron chi connectivity index (χ4n) is 3.21. The van der Waals surface area contributed by atoms with E-state index in [2.05, 4.69) is 26.5 Å². The maximum atomic E-state index is 12.4. The molecule has 4 aromatic rings. The van der Waals surface area contributed by atoms with Crippen LogP contribution in [0, 0.1) is 0 Å². The average molecular weight is 517 g/mol. The van der Waals surface area contributed by atoms with Crippen LogP contribution in [0.5, 0.6) is 11.5 Å². The fourth-order valence-corrected chi connectivity index (χ4v) is 3.66. The minimum absolute atomic E-state index is 0.372. The van der Waals surface area contributed by atoms with Gasteiger partial charge in [-0.3, -0.25) is 4.79 Å². The smallest absolute Gasteiger partial charge is 0.344 e. The first-order chi connectivity index (χ1) is 16.5. The van der Waals surface area contributed by atoms with Gasteiger partial charge in [0.25, 0.3) is 5.91 Å². The molecule has 6 nitrogen and oxygen atoms in total. The zero-order valence-electron chi connectivity index (χ0n) is 18.3. The van der Waals surface area contributed by atoms with Crippen LogP contribution in [0.15, 0.2) is 101 Å². The Morgan fingerprint density at radius 1 is 0.912 bits per heavy atom. The van der Waals surface area contributed by atoms with E-state index >= 15 is 0 Å². The number of nitrogens with zero attached hydrogens (tertiary/aromatic N) is 1. The van der Waals surface area contributed by atoms with Gasteiger partial charge >= 0.3 is 5.97 Å². The normalized spacial score (nSPS) is 11.8. The molecular weight excluding hydrogens is 496 g/mol. The van der Waals surface area contributed by atoms with E-state index in [0.29, 0.717) is 21.5 Å². The third-order valence-electron chi connectivity index (χ3n) is 5.00. The molecular formula is C27H21BrN2O4. The number of rotatable bonds is 7. The molecule has 0 aliphatic heterocycles. The number of nitrogens with one attached hydrogen (secondary N) is 1. The minimum Gasteiger partial charge on any atom is -0.480 e. The van der Waals surface area contributed by atoms with Crippen LogP contribution in [-0.4, -0.2) is 24.2 Å². The van der Waals surface area contributed by atoms with Gasteiger partial charge in [-0.05, 0) is 76.3 Å². The van der Waals surface area contributed by atoms with Crippen LogP contribution in [0.2, 0.25) is 0 Å². The number of halogens is 1. The number of hydrogen-bond donors (Lipinski definition) is 1. The van der Waals surface area contributed by atoms with Gasteiger partial charge in [-0.15, -0.1) is 0 Å². The van der Waals surface area contributed by atoms with Crippen LogP contribution >= 0.6 is 15.9 Å². The predicted octanol–water partition coefficient (Wildman–Crippen LogP) is 5.74. The molecule has 0 unspecified atom stereocenters. The number of hydrogen-bond acceptors (Lipinski definition) is 5. The number of fused-ring (bicyclic) bond motifs is 1. The molecule has 1 N–H and O–H groups in total. The summed E-state index contributed by atoms with van der Waals surface area (Å²) in [5, 5.41) is 5.97. The Balaban J connectivity index is 1.31. The van der Waals surface area contributed by atoms with Crippen LogP contribution in [0.4, 0.5) is 0 Å². The van der Waals surface area contributed by atoms with Crippen molar-refractivity contribution in [3.05, 3.63) is 107 Å². The van der Waals surface area contributed by atoms with Crippen molar-refractivity contribution < 1.29 is 19.1 Å². The van der Waals surface area contributed by atoms with Gasteiger partial charge in [0.15, 0.2) is 6.10 Å². The van der Waals surface area contributed by atoms with Crippen LogP contribution < -0.4 is 14.9 Å². The van der Waals surface area contributed by atoms with Gasteiger partial charge in [0.05, 0.1) is 11.8 Å². The molecule has 0 saturated carbocycles. The first-order valence-electron chi connectivity index (χ1n) is 10.6. The fraction of sp³-hybridized carbons (Fsp3) is 0.0741. The Morgan fingerprint density at radius 2 is 1.62 bits per heavy atom. The molecule has 4 aromatic carbocycles. The number of carbonyl (C=O) groups excluding carboxylic acids is 2. The molecule has 0 radical (unpaired) electrons. The molecule has 170 valence electrons. The van der Waals surface area contributed by atoms with E-state index in [4.69, 9.17) is 9.47 Å². The van der Waals surface area contributed by atoms with Gasteiger partial charge in [0.2, 0.25) is 0 Å². The third kappa shape index (κ3) is 5.68. The molecule has 34 heavy (non-hydrogen) atoms. The van der Waals surface area contributed by atoms with Crippen molar-refractivity contribution in [2.45, 2.75) is 13.0 Å². The molecule has 7 heteroatoms. The van der Waals surface area contributed by atoms with Crippen molar-refractivity contribution in [1.29, 1.82) is 0 Å². The molecule has 0 aromatic heterocycles. The summed E-state index contributed by atoms with van der Waals surface area (Å²) in [6, 6.07) is 27.4. The largest absolute Gasteiger partial charge is 0.480 e. The summed E-state index contributed by atoms with van der Waals surface area (Å²) in [6.07, 6.45) is 0.768. The molecule has 1 amide bonds. The molecule has 0 fully saturated rings. The zero-order valence-corrected chi connectivity index (χ0v) is 19.9. The van der Waals surface area contributed by atoms with Crippen LogP contribution in [0.3, 0.4) is 0 Å². The number of amides is 1. The first-order valence-corrected chi connectivity index (χ1v) is 11.3. The molecule has 1 atom stereocenters. The van der Waals surface area contributed by atoms with E-state index in [1.165, 1.54) is 6.21 Å². The molecule has 0 saturated heterocycles. The maximum absolute atomic E-state index is 12.4. The monoisotopic (exact) mass is 516 g/mol. The van der Waals surface area contributed by atoms with Gasteiger partial charge in [0, 0.05) is 9.86 Å². The van der Waals surface area contributed by atoms with E-state index in [0.717, 1.165) is 16.3 Å². The maximum Gasteiger partial charge on any atom is 0.344 e. The predicted molar refractivity (Wildman–Crippen MR) is 135 cm³/mol. The van der Waals surface area contributed by atoms with Gasteiger partial charge in [-0.2, -0.15) is 5.10 Å². The number of carbonyl (C=O) groups is 2. The highest BCUT2D eigenvalue weighted by Crippen LogP contribution is 2.26. The first kappa shape index (κ1) is 23.2.